The molecule has 1 aromatic carbocycles. The van der Waals surface area contributed by atoms with E-state index in [-0.39, 0.29) is 5.76 Å². The van der Waals surface area contributed by atoms with Crippen molar-refractivity contribution >= 4 is 17.5 Å². The first-order valence-electron chi connectivity index (χ1n) is 5.97. The molecule has 1 aromatic heterocycles. The van der Waals surface area contributed by atoms with Crippen molar-refractivity contribution in [3.05, 3.63) is 59.5 Å². The van der Waals surface area contributed by atoms with Crippen LogP contribution in [0.5, 0.6) is 0 Å². The van der Waals surface area contributed by atoms with Crippen LogP contribution in [0.4, 0.5) is 0 Å². The molecule has 0 spiro atoms. The van der Waals surface area contributed by atoms with E-state index in [1.165, 1.54) is 6.26 Å². The number of carbonyl (C=O) groups excluding carboxylic acids is 2. The number of hydrogen-bond acceptors (Lipinski definition) is 4. The van der Waals surface area contributed by atoms with Crippen molar-refractivity contribution in [1.82, 2.24) is 0 Å². The van der Waals surface area contributed by atoms with Crippen LogP contribution in [0.25, 0.3) is 0 Å². The van der Waals surface area contributed by atoms with E-state index in [4.69, 9.17) is 9.52 Å². The highest BCUT2D eigenvalue weighted by molar-refractivity contribution is 6.37. The van der Waals surface area contributed by atoms with E-state index < -0.39 is 24.0 Å². The van der Waals surface area contributed by atoms with E-state index >= 15 is 0 Å². The summed E-state index contributed by atoms with van der Waals surface area (Å²) >= 11 is 0. The summed E-state index contributed by atoms with van der Waals surface area (Å²) in [7, 11) is 0. The molecular formula is C15H12O5. The smallest absolute Gasteiger partial charge is 0.372 e. The number of furan rings is 1. The zero-order chi connectivity index (χ0) is 14.5. The molecule has 0 fully saturated rings. The number of ketones is 2. The summed E-state index contributed by atoms with van der Waals surface area (Å²) in [5, 5.41) is 8.50. The molecule has 0 saturated heterocycles. The Hall–Kier alpha value is -2.69. The van der Waals surface area contributed by atoms with Gasteiger partial charge in [0.1, 0.15) is 0 Å². The van der Waals surface area contributed by atoms with E-state index in [2.05, 4.69) is 0 Å². The first-order chi connectivity index (χ1) is 9.58. The van der Waals surface area contributed by atoms with E-state index in [0.717, 1.165) is 5.56 Å². The van der Waals surface area contributed by atoms with Crippen molar-refractivity contribution < 1.29 is 23.9 Å². The lowest BCUT2D eigenvalue weighted by Crippen LogP contribution is -2.17. The Kier molecular flexibility index (Phi) is 4.10. The molecule has 1 N–H and O–H groups in total. The molecule has 5 nitrogen and oxygen atoms in total. The standard InChI is InChI=1S/C15H12O5/c16-12(9-13(17)15(18)19)14-11(6-7-20-14)8-10-4-2-1-3-5-10/h1-7H,8-9H2,(H,18,19). The van der Waals surface area contributed by atoms with Gasteiger partial charge in [-0.15, -0.1) is 0 Å². The Balaban J connectivity index is 2.14. The molecule has 0 aliphatic carbocycles. The minimum atomic E-state index is -1.62. The average molecular weight is 272 g/mol. The summed E-state index contributed by atoms with van der Waals surface area (Å²) in [6.45, 7) is 0. The molecular weight excluding hydrogens is 260 g/mol. The number of benzene rings is 1. The Labute approximate surface area is 114 Å². The monoisotopic (exact) mass is 272 g/mol. The number of aliphatic carboxylic acids is 1. The molecule has 2 aromatic rings. The summed E-state index contributed by atoms with van der Waals surface area (Å²) in [5.74, 6) is -3.33. The third-order valence-electron chi connectivity index (χ3n) is 2.80. The Morgan fingerprint density at radius 1 is 1.05 bits per heavy atom. The number of rotatable bonds is 6. The maximum atomic E-state index is 11.9. The minimum absolute atomic E-state index is 0.0449. The second kappa shape index (κ2) is 5.97. The second-order valence-electron chi connectivity index (χ2n) is 4.27. The topological polar surface area (TPSA) is 84.6 Å². The third-order valence-corrected chi connectivity index (χ3v) is 2.80. The molecule has 0 amide bonds. The minimum Gasteiger partial charge on any atom is -0.475 e. The SMILES string of the molecule is O=C(O)C(=O)CC(=O)c1occc1Cc1ccccc1. The highest BCUT2D eigenvalue weighted by Gasteiger charge is 2.22. The van der Waals surface area contributed by atoms with Gasteiger partial charge in [0.2, 0.25) is 11.6 Å². The molecule has 20 heavy (non-hydrogen) atoms. The predicted molar refractivity (Wildman–Crippen MR) is 69.5 cm³/mol. The highest BCUT2D eigenvalue weighted by Crippen LogP contribution is 2.17. The first-order valence-corrected chi connectivity index (χ1v) is 5.97. The largest absolute Gasteiger partial charge is 0.475 e. The van der Waals surface area contributed by atoms with Gasteiger partial charge in [0.25, 0.3) is 0 Å². The molecule has 0 aliphatic rings. The van der Waals surface area contributed by atoms with Gasteiger partial charge in [0.05, 0.1) is 12.7 Å². The highest BCUT2D eigenvalue weighted by atomic mass is 16.4. The van der Waals surface area contributed by atoms with Crippen LogP contribution in [0.1, 0.15) is 28.1 Å². The lowest BCUT2D eigenvalue weighted by Gasteiger charge is -2.01. The maximum absolute atomic E-state index is 11.9. The molecule has 2 rings (SSSR count). The number of Topliss-reactive ketones (excluding diaryl/α,β-unsaturated/α-hetero) is 2. The molecule has 0 aliphatic heterocycles. The average Bonchev–Trinajstić information content (AvgIpc) is 2.88. The third kappa shape index (κ3) is 3.20. The van der Waals surface area contributed by atoms with Crippen molar-refractivity contribution in [2.45, 2.75) is 12.8 Å². The van der Waals surface area contributed by atoms with E-state index in [1.807, 2.05) is 30.3 Å². The molecule has 0 radical (unpaired) electrons. The summed E-state index contributed by atoms with van der Waals surface area (Å²) in [5.41, 5.74) is 1.63. The maximum Gasteiger partial charge on any atom is 0.372 e. The zero-order valence-electron chi connectivity index (χ0n) is 10.5. The number of hydrogen-bond donors (Lipinski definition) is 1. The van der Waals surface area contributed by atoms with Crippen LogP contribution < -0.4 is 0 Å². The number of carboxylic acid groups (broad SMARTS) is 1. The van der Waals surface area contributed by atoms with E-state index in [1.54, 1.807) is 6.07 Å². The molecule has 0 bridgehead atoms. The van der Waals surface area contributed by atoms with Gasteiger partial charge in [0.15, 0.2) is 5.76 Å². The molecule has 0 unspecified atom stereocenters. The summed E-state index contributed by atoms with van der Waals surface area (Å²) in [6.07, 6.45) is 1.15. The summed E-state index contributed by atoms with van der Waals surface area (Å²) in [6, 6.07) is 11.1. The van der Waals surface area contributed by atoms with Gasteiger partial charge in [-0.05, 0) is 11.6 Å². The second-order valence-corrected chi connectivity index (χ2v) is 4.27. The normalized spacial score (nSPS) is 10.2. The Bertz CT molecular complexity index is 639. The fourth-order valence-corrected chi connectivity index (χ4v) is 1.84. The first kappa shape index (κ1) is 13.7. The van der Waals surface area contributed by atoms with Gasteiger partial charge < -0.3 is 9.52 Å². The summed E-state index contributed by atoms with van der Waals surface area (Å²) < 4.78 is 5.08. The fraction of sp³-hybridized carbons (Fsp3) is 0.133. The Morgan fingerprint density at radius 2 is 1.75 bits per heavy atom. The van der Waals surface area contributed by atoms with Crippen molar-refractivity contribution in [1.29, 1.82) is 0 Å². The predicted octanol–water partition coefficient (Wildman–Crippen LogP) is 2.10. The van der Waals surface area contributed by atoms with Crippen LogP contribution in [0.2, 0.25) is 0 Å². The van der Waals surface area contributed by atoms with Crippen LogP contribution >= 0.6 is 0 Å². The van der Waals surface area contributed by atoms with Crippen molar-refractivity contribution in [2.75, 3.05) is 0 Å². The van der Waals surface area contributed by atoms with E-state index in [0.29, 0.717) is 12.0 Å². The van der Waals surface area contributed by atoms with Crippen LogP contribution in [-0.4, -0.2) is 22.6 Å². The fourth-order valence-electron chi connectivity index (χ4n) is 1.84. The Morgan fingerprint density at radius 3 is 2.40 bits per heavy atom. The van der Waals surface area contributed by atoms with Crippen molar-refractivity contribution in [2.24, 2.45) is 0 Å². The zero-order valence-corrected chi connectivity index (χ0v) is 10.5. The van der Waals surface area contributed by atoms with Crippen LogP contribution in [0.15, 0.2) is 47.1 Å². The van der Waals surface area contributed by atoms with Crippen molar-refractivity contribution in [3.63, 3.8) is 0 Å². The van der Waals surface area contributed by atoms with Gasteiger partial charge in [-0.2, -0.15) is 0 Å². The number of carboxylic acids is 1. The lowest BCUT2D eigenvalue weighted by atomic mass is 10.0. The molecule has 1 heterocycles. The van der Waals surface area contributed by atoms with Gasteiger partial charge in [-0.25, -0.2) is 4.79 Å². The number of carbonyl (C=O) groups is 3. The molecule has 102 valence electrons. The van der Waals surface area contributed by atoms with Gasteiger partial charge in [0, 0.05) is 12.0 Å². The lowest BCUT2D eigenvalue weighted by molar-refractivity contribution is -0.148. The summed E-state index contributed by atoms with van der Waals surface area (Å²) in [4.78, 5) is 33.4. The van der Waals surface area contributed by atoms with Gasteiger partial charge >= 0.3 is 5.97 Å². The molecule has 0 atom stereocenters. The molecule has 5 heteroatoms. The van der Waals surface area contributed by atoms with Crippen LogP contribution in [0.3, 0.4) is 0 Å². The van der Waals surface area contributed by atoms with Crippen molar-refractivity contribution in [3.8, 4) is 0 Å². The molecule has 0 saturated carbocycles. The quantitative estimate of drug-likeness (QED) is 0.494. The van der Waals surface area contributed by atoms with Gasteiger partial charge in [-0.3, -0.25) is 9.59 Å². The van der Waals surface area contributed by atoms with Crippen LogP contribution in [0, 0.1) is 0 Å². The van der Waals surface area contributed by atoms with Crippen LogP contribution in [-0.2, 0) is 16.0 Å². The van der Waals surface area contributed by atoms with E-state index in [9.17, 15) is 14.4 Å². The van der Waals surface area contributed by atoms with Gasteiger partial charge in [-0.1, -0.05) is 30.3 Å².